The number of nitrogens with zero attached hydrogens (tertiary/aromatic N) is 1. The number of Topliss-reactive ketones (excluding diaryl/α,β-unsaturated/α-hetero) is 1. The van der Waals surface area contributed by atoms with Gasteiger partial charge >= 0.3 is 5.97 Å². The van der Waals surface area contributed by atoms with Crippen molar-refractivity contribution in [3.05, 3.63) is 47.2 Å². The van der Waals surface area contributed by atoms with Crippen molar-refractivity contribution in [2.45, 2.75) is 32.0 Å². The van der Waals surface area contributed by atoms with Crippen LogP contribution in [0.5, 0.6) is 0 Å². The van der Waals surface area contributed by atoms with E-state index in [1.165, 1.54) is 7.11 Å². The Morgan fingerprint density at radius 2 is 2.04 bits per heavy atom. The predicted molar refractivity (Wildman–Crippen MR) is 102 cm³/mol. The van der Waals surface area contributed by atoms with Gasteiger partial charge in [0.2, 0.25) is 0 Å². The molecule has 1 aromatic heterocycles. The van der Waals surface area contributed by atoms with Gasteiger partial charge in [0.25, 0.3) is 0 Å². The molecule has 6 nitrogen and oxygen atoms in total. The van der Waals surface area contributed by atoms with Gasteiger partial charge in [0, 0.05) is 43.3 Å². The van der Waals surface area contributed by atoms with E-state index in [2.05, 4.69) is 4.98 Å². The Balaban J connectivity index is 1.88. The topological polar surface area (TPSA) is 71.6 Å². The van der Waals surface area contributed by atoms with E-state index in [4.69, 9.17) is 9.47 Å². The molecule has 2 bridgehead atoms. The summed E-state index contributed by atoms with van der Waals surface area (Å²) in [4.78, 5) is 31.1. The number of carbonyl (C=O) groups is 2. The van der Waals surface area contributed by atoms with Gasteiger partial charge in [-0.2, -0.15) is 0 Å². The first-order valence-corrected chi connectivity index (χ1v) is 9.23. The van der Waals surface area contributed by atoms with Crippen molar-refractivity contribution in [1.29, 1.82) is 0 Å². The van der Waals surface area contributed by atoms with E-state index in [-0.39, 0.29) is 30.3 Å². The summed E-state index contributed by atoms with van der Waals surface area (Å²) in [6.45, 7) is 2.55. The molecule has 2 aromatic rings. The minimum absolute atomic E-state index is 0.0260. The Bertz CT molecular complexity index is 929. The molecule has 0 saturated carbocycles. The molecule has 1 aromatic carbocycles. The summed E-state index contributed by atoms with van der Waals surface area (Å²) in [5.41, 5.74) is 3.62. The Morgan fingerprint density at radius 3 is 2.74 bits per heavy atom. The van der Waals surface area contributed by atoms with E-state index < -0.39 is 6.04 Å². The zero-order valence-electron chi connectivity index (χ0n) is 15.8. The van der Waals surface area contributed by atoms with Crippen LogP contribution in [0.1, 0.15) is 29.4 Å². The molecule has 6 heteroatoms. The molecule has 4 atom stereocenters. The summed E-state index contributed by atoms with van der Waals surface area (Å²) in [7, 11) is 3.04. The highest BCUT2D eigenvalue weighted by Crippen LogP contribution is 2.39. The van der Waals surface area contributed by atoms with E-state index in [9.17, 15) is 9.59 Å². The van der Waals surface area contributed by atoms with Crippen molar-refractivity contribution < 1.29 is 19.1 Å². The molecule has 27 heavy (non-hydrogen) atoms. The fraction of sp³-hybridized carbons (Fsp3) is 0.429. The number of aromatic nitrogens is 1. The van der Waals surface area contributed by atoms with Crippen molar-refractivity contribution in [1.82, 2.24) is 9.88 Å². The van der Waals surface area contributed by atoms with Crippen molar-refractivity contribution in [3.8, 4) is 0 Å². The summed E-state index contributed by atoms with van der Waals surface area (Å²) < 4.78 is 10.9. The fourth-order valence-electron chi connectivity index (χ4n) is 4.57. The zero-order valence-corrected chi connectivity index (χ0v) is 15.8. The van der Waals surface area contributed by atoms with Crippen molar-refractivity contribution in [2.75, 3.05) is 20.8 Å². The summed E-state index contributed by atoms with van der Waals surface area (Å²) in [5.74, 6) is -0.495. The van der Waals surface area contributed by atoms with Gasteiger partial charge in [0.1, 0.15) is 12.3 Å². The number of ketones is 1. The average molecular weight is 368 g/mol. The van der Waals surface area contributed by atoms with Crippen LogP contribution >= 0.6 is 0 Å². The van der Waals surface area contributed by atoms with Crippen LogP contribution in [-0.2, 0) is 20.7 Å². The maximum Gasteiger partial charge on any atom is 0.323 e. The van der Waals surface area contributed by atoms with Gasteiger partial charge in [-0.15, -0.1) is 0 Å². The molecule has 2 unspecified atom stereocenters. The number of allylic oxidation sites excluding steroid dienone is 1. The summed E-state index contributed by atoms with van der Waals surface area (Å²) in [6.07, 6.45) is 2.48. The van der Waals surface area contributed by atoms with Gasteiger partial charge in [-0.05, 0) is 18.6 Å². The van der Waals surface area contributed by atoms with Crippen LogP contribution in [0.15, 0.2) is 35.9 Å². The minimum atomic E-state index is -0.509. The highest BCUT2D eigenvalue weighted by Gasteiger charge is 2.48. The van der Waals surface area contributed by atoms with E-state index in [0.717, 1.165) is 22.0 Å². The van der Waals surface area contributed by atoms with Crippen LogP contribution in [-0.4, -0.2) is 54.7 Å². The number of rotatable bonds is 2. The molecule has 3 heterocycles. The number of ether oxygens (including phenoxy) is 2. The van der Waals surface area contributed by atoms with Gasteiger partial charge in [0.15, 0.2) is 5.78 Å². The minimum Gasteiger partial charge on any atom is -0.468 e. The van der Waals surface area contributed by atoms with Crippen LogP contribution in [0.3, 0.4) is 0 Å². The third kappa shape index (κ3) is 2.80. The fourth-order valence-corrected chi connectivity index (χ4v) is 4.57. The lowest BCUT2D eigenvalue weighted by Gasteiger charge is -2.31. The van der Waals surface area contributed by atoms with Gasteiger partial charge in [-0.3, -0.25) is 14.5 Å². The summed E-state index contributed by atoms with van der Waals surface area (Å²) in [5, 5.41) is 1.03. The number of para-hydroxylation sites is 1. The monoisotopic (exact) mass is 368 g/mol. The maximum absolute atomic E-state index is 13.2. The van der Waals surface area contributed by atoms with Crippen molar-refractivity contribution in [2.24, 2.45) is 5.92 Å². The van der Waals surface area contributed by atoms with Crippen molar-refractivity contribution in [3.63, 3.8) is 0 Å². The summed E-state index contributed by atoms with van der Waals surface area (Å²) >= 11 is 0. The van der Waals surface area contributed by atoms with Gasteiger partial charge < -0.3 is 14.5 Å². The highest BCUT2D eigenvalue weighted by atomic mass is 16.5. The lowest BCUT2D eigenvalue weighted by molar-refractivity contribution is -0.152. The lowest BCUT2D eigenvalue weighted by Crippen LogP contribution is -2.47. The Kier molecular flexibility index (Phi) is 4.61. The van der Waals surface area contributed by atoms with Crippen LogP contribution in [0, 0.1) is 5.92 Å². The smallest absolute Gasteiger partial charge is 0.323 e. The molecule has 0 amide bonds. The Labute approximate surface area is 158 Å². The number of hydrogen-bond donors (Lipinski definition) is 1. The SMILES string of the molecule is C/C=C1/CN2C(C(=O)OC)[C@@H]1CC(=O)c1[nH]c3ccccc3c1C[C@H]2OC. The van der Waals surface area contributed by atoms with Crippen LogP contribution in [0.4, 0.5) is 0 Å². The van der Waals surface area contributed by atoms with Crippen LogP contribution < -0.4 is 0 Å². The first kappa shape index (κ1) is 17.9. The largest absolute Gasteiger partial charge is 0.468 e. The van der Waals surface area contributed by atoms with Gasteiger partial charge in [-0.1, -0.05) is 29.8 Å². The molecule has 1 N–H and O–H groups in total. The molecular formula is C21H24N2O4. The average Bonchev–Trinajstić information content (AvgIpc) is 3.24. The van der Waals surface area contributed by atoms with Crippen molar-refractivity contribution >= 4 is 22.7 Å². The highest BCUT2D eigenvalue weighted by molar-refractivity contribution is 6.03. The number of aromatic amines is 1. The molecule has 0 spiro atoms. The standard InChI is InChI=1S/C21H24N2O4/c1-4-12-11-23-18(26-2)10-15-13-7-5-6-8-16(13)22-19(15)17(24)9-14(12)20(23)21(25)27-3/h4-8,14,18,20,22H,9-11H2,1-3H3/b12-4-/t14-,18-,20?/m1/s1. The second-order valence-corrected chi connectivity index (χ2v) is 7.16. The molecule has 2 aliphatic heterocycles. The first-order chi connectivity index (χ1) is 13.1. The number of nitrogens with one attached hydrogen (secondary N) is 1. The number of benzene rings is 1. The number of fused-ring (bicyclic) bond motifs is 5. The molecule has 1 saturated heterocycles. The molecule has 1 fully saturated rings. The quantitative estimate of drug-likeness (QED) is 0.652. The predicted octanol–water partition coefficient (Wildman–Crippen LogP) is 2.69. The molecule has 142 valence electrons. The molecule has 4 rings (SSSR count). The second-order valence-electron chi connectivity index (χ2n) is 7.16. The normalized spacial score (nSPS) is 29.3. The molecular weight excluding hydrogens is 344 g/mol. The summed E-state index contributed by atoms with van der Waals surface area (Å²) in [6, 6.07) is 7.41. The number of H-pyrrole nitrogens is 1. The van der Waals surface area contributed by atoms with Gasteiger partial charge in [0.05, 0.1) is 12.8 Å². The second kappa shape index (κ2) is 6.94. The number of methoxy groups -OCH3 is 2. The van der Waals surface area contributed by atoms with E-state index in [1.54, 1.807) is 7.11 Å². The van der Waals surface area contributed by atoms with E-state index >= 15 is 0 Å². The third-order valence-electron chi connectivity index (χ3n) is 5.91. The van der Waals surface area contributed by atoms with E-state index in [0.29, 0.717) is 18.7 Å². The number of carbonyl (C=O) groups excluding carboxylic acids is 2. The van der Waals surface area contributed by atoms with Crippen LogP contribution in [0.25, 0.3) is 10.9 Å². The number of hydrogen-bond acceptors (Lipinski definition) is 5. The molecule has 0 aliphatic carbocycles. The lowest BCUT2D eigenvalue weighted by atomic mass is 9.89. The number of esters is 1. The van der Waals surface area contributed by atoms with Crippen LogP contribution in [0.2, 0.25) is 0 Å². The van der Waals surface area contributed by atoms with E-state index in [1.807, 2.05) is 42.2 Å². The first-order valence-electron chi connectivity index (χ1n) is 9.23. The molecule has 0 radical (unpaired) electrons. The Hall–Kier alpha value is -2.44. The maximum atomic E-state index is 13.2. The Morgan fingerprint density at radius 1 is 1.26 bits per heavy atom. The zero-order chi connectivity index (χ0) is 19.1. The van der Waals surface area contributed by atoms with Gasteiger partial charge in [-0.25, -0.2) is 0 Å². The molecule has 2 aliphatic rings. The third-order valence-corrected chi connectivity index (χ3v) is 5.91.